The Kier molecular flexibility index (Phi) is 2.87. The molecule has 5 rings (SSSR count). The molecule has 0 radical (unpaired) electrons. The highest BCUT2D eigenvalue weighted by Gasteiger charge is 2.55. The summed E-state index contributed by atoms with van der Waals surface area (Å²) in [5, 5.41) is 0. The highest BCUT2D eigenvalue weighted by atomic mass is 16.7. The molecule has 0 aromatic carbocycles. The van der Waals surface area contributed by atoms with E-state index in [0.717, 1.165) is 62.9 Å². The highest BCUT2D eigenvalue weighted by Crippen LogP contribution is 2.60. The van der Waals surface area contributed by atoms with E-state index in [1.807, 2.05) is 0 Å². The van der Waals surface area contributed by atoms with Crippen LogP contribution in [0.4, 0.5) is 0 Å². The van der Waals surface area contributed by atoms with Gasteiger partial charge in [0.05, 0.1) is 12.0 Å². The summed E-state index contributed by atoms with van der Waals surface area (Å²) < 4.78 is 11.3. The van der Waals surface area contributed by atoms with Crippen molar-refractivity contribution in [1.82, 2.24) is 0 Å². The third kappa shape index (κ3) is 2.10. The summed E-state index contributed by atoms with van der Waals surface area (Å²) in [7, 11) is 0. The molecule has 1 aliphatic heterocycles. The molecule has 0 aromatic rings. The van der Waals surface area contributed by atoms with Crippen molar-refractivity contribution in [2.24, 2.45) is 23.2 Å². The fourth-order valence-electron chi connectivity index (χ4n) is 5.41. The molecule has 3 nitrogen and oxygen atoms in total. The van der Waals surface area contributed by atoms with Gasteiger partial charge < -0.3 is 9.47 Å². The Hall–Kier alpha value is -0.570. The van der Waals surface area contributed by atoms with Gasteiger partial charge in [-0.1, -0.05) is 0 Å². The van der Waals surface area contributed by atoms with Gasteiger partial charge in [0.15, 0.2) is 0 Å². The third-order valence-electron chi connectivity index (χ3n) is 5.85. The van der Waals surface area contributed by atoms with Crippen molar-refractivity contribution in [1.29, 1.82) is 0 Å². The maximum Gasteiger partial charge on any atom is 0.314 e. The molecule has 106 valence electrons. The summed E-state index contributed by atoms with van der Waals surface area (Å²) in [5.41, 5.74) is -0.129. The third-order valence-corrected chi connectivity index (χ3v) is 5.85. The Balaban J connectivity index is 1.47. The van der Waals surface area contributed by atoms with Gasteiger partial charge in [0.1, 0.15) is 0 Å². The Morgan fingerprint density at radius 3 is 2.16 bits per heavy atom. The zero-order valence-corrected chi connectivity index (χ0v) is 11.6. The molecular weight excluding hydrogens is 240 g/mol. The highest BCUT2D eigenvalue weighted by molar-refractivity contribution is 5.77. The normalized spacial score (nSPS) is 48.2. The predicted octanol–water partition coefficient (Wildman–Crippen LogP) is 3.27. The van der Waals surface area contributed by atoms with Gasteiger partial charge >= 0.3 is 5.97 Å². The van der Waals surface area contributed by atoms with Crippen LogP contribution in [0.1, 0.15) is 57.8 Å². The summed E-state index contributed by atoms with van der Waals surface area (Å²) >= 11 is 0. The van der Waals surface area contributed by atoms with Gasteiger partial charge in [-0.15, -0.1) is 0 Å². The fraction of sp³-hybridized carbons (Fsp3) is 0.938. The number of rotatable bonds is 2. The summed E-state index contributed by atoms with van der Waals surface area (Å²) in [6.07, 6.45) is 10.2. The lowest BCUT2D eigenvalue weighted by molar-refractivity contribution is -0.208. The van der Waals surface area contributed by atoms with Crippen LogP contribution in [0.3, 0.4) is 0 Å². The zero-order valence-electron chi connectivity index (χ0n) is 11.6. The maximum absolute atomic E-state index is 12.7. The molecule has 0 N–H and O–H groups in total. The molecule has 5 fully saturated rings. The fourth-order valence-corrected chi connectivity index (χ4v) is 5.41. The van der Waals surface area contributed by atoms with E-state index < -0.39 is 0 Å². The Morgan fingerprint density at radius 1 is 1.00 bits per heavy atom. The van der Waals surface area contributed by atoms with E-state index in [1.165, 1.54) is 19.3 Å². The molecule has 1 heterocycles. The number of esters is 1. The smallest absolute Gasteiger partial charge is 0.314 e. The molecule has 19 heavy (non-hydrogen) atoms. The lowest BCUT2D eigenvalue weighted by atomic mass is 9.49. The number of hydrogen-bond donors (Lipinski definition) is 0. The summed E-state index contributed by atoms with van der Waals surface area (Å²) in [6.45, 7) is 0.749. The average Bonchev–Trinajstić information content (AvgIpc) is 2.38. The minimum absolute atomic E-state index is 0.0681. The van der Waals surface area contributed by atoms with Crippen LogP contribution in [-0.4, -0.2) is 18.9 Å². The van der Waals surface area contributed by atoms with E-state index in [2.05, 4.69) is 0 Å². The van der Waals surface area contributed by atoms with Crippen molar-refractivity contribution in [3.05, 3.63) is 0 Å². The predicted molar refractivity (Wildman–Crippen MR) is 70.3 cm³/mol. The first-order valence-corrected chi connectivity index (χ1v) is 8.06. The van der Waals surface area contributed by atoms with Crippen molar-refractivity contribution in [3.63, 3.8) is 0 Å². The standard InChI is InChI=1S/C16H24O3/c17-15(19-14-3-1-2-4-18-14)16-8-11-5-12(9-16)7-13(6-11)10-16/h11-14H,1-10H2. The average molecular weight is 264 g/mol. The van der Waals surface area contributed by atoms with Crippen molar-refractivity contribution in [2.45, 2.75) is 64.1 Å². The first kappa shape index (κ1) is 12.2. The Morgan fingerprint density at radius 2 is 1.63 bits per heavy atom. The number of carbonyl (C=O) groups is 1. The molecule has 4 aliphatic carbocycles. The summed E-state index contributed by atoms with van der Waals surface area (Å²) in [5.74, 6) is 2.46. The van der Waals surface area contributed by atoms with Crippen LogP contribution in [0, 0.1) is 23.2 Å². The van der Waals surface area contributed by atoms with Crippen LogP contribution in [0.2, 0.25) is 0 Å². The second-order valence-corrected chi connectivity index (χ2v) is 7.40. The summed E-state index contributed by atoms with van der Waals surface area (Å²) in [6, 6.07) is 0. The molecule has 0 aromatic heterocycles. The van der Waals surface area contributed by atoms with E-state index in [9.17, 15) is 4.79 Å². The van der Waals surface area contributed by atoms with Crippen molar-refractivity contribution in [3.8, 4) is 0 Å². The van der Waals surface area contributed by atoms with Gasteiger partial charge in [0.2, 0.25) is 6.29 Å². The lowest BCUT2D eigenvalue weighted by Crippen LogP contribution is -2.51. The van der Waals surface area contributed by atoms with Crippen LogP contribution in [-0.2, 0) is 14.3 Å². The van der Waals surface area contributed by atoms with Crippen LogP contribution >= 0.6 is 0 Å². The van der Waals surface area contributed by atoms with Crippen LogP contribution < -0.4 is 0 Å². The number of carbonyl (C=O) groups excluding carboxylic acids is 1. The Labute approximate surface area is 115 Å². The molecule has 5 aliphatic rings. The van der Waals surface area contributed by atoms with Gasteiger partial charge in [0, 0.05) is 6.42 Å². The van der Waals surface area contributed by atoms with E-state index >= 15 is 0 Å². The minimum Gasteiger partial charge on any atom is -0.435 e. The van der Waals surface area contributed by atoms with E-state index in [4.69, 9.17) is 9.47 Å². The first-order valence-electron chi connectivity index (χ1n) is 8.06. The monoisotopic (exact) mass is 264 g/mol. The second kappa shape index (κ2) is 4.47. The largest absolute Gasteiger partial charge is 0.435 e. The SMILES string of the molecule is O=C(OC1CCCCO1)C12CC3CC(CC(C3)C1)C2. The van der Waals surface area contributed by atoms with E-state index in [-0.39, 0.29) is 17.7 Å². The van der Waals surface area contributed by atoms with Gasteiger partial charge in [-0.3, -0.25) is 4.79 Å². The molecule has 0 amide bonds. The molecule has 4 bridgehead atoms. The van der Waals surface area contributed by atoms with Crippen LogP contribution in [0.15, 0.2) is 0 Å². The molecule has 4 saturated carbocycles. The van der Waals surface area contributed by atoms with Crippen molar-refractivity contribution < 1.29 is 14.3 Å². The molecule has 1 unspecified atom stereocenters. The molecule has 3 heteroatoms. The lowest BCUT2D eigenvalue weighted by Gasteiger charge is -2.55. The van der Waals surface area contributed by atoms with Crippen molar-refractivity contribution in [2.75, 3.05) is 6.61 Å². The van der Waals surface area contributed by atoms with Gasteiger partial charge in [-0.05, 0) is 69.1 Å². The Bertz CT molecular complexity index is 335. The van der Waals surface area contributed by atoms with Crippen LogP contribution in [0.25, 0.3) is 0 Å². The quantitative estimate of drug-likeness (QED) is 0.718. The molecule has 1 atom stereocenters. The van der Waals surface area contributed by atoms with Crippen LogP contribution in [0.5, 0.6) is 0 Å². The molecule has 1 saturated heterocycles. The number of ether oxygens (including phenoxy) is 2. The van der Waals surface area contributed by atoms with Gasteiger partial charge in [0.25, 0.3) is 0 Å². The number of hydrogen-bond acceptors (Lipinski definition) is 3. The maximum atomic E-state index is 12.7. The zero-order chi connectivity index (χ0) is 12.9. The van der Waals surface area contributed by atoms with Gasteiger partial charge in [-0.25, -0.2) is 0 Å². The van der Waals surface area contributed by atoms with E-state index in [0.29, 0.717) is 0 Å². The summed E-state index contributed by atoms with van der Waals surface area (Å²) in [4.78, 5) is 12.7. The first-order chi connectivity index (χ1) is 9.23. The minimum atomic E-state index is -0.255. The van der Waals surface area contributed by atoms with Gasteiger partial charge in [-0.2, -0.15) is 0 Å². The molecule has 0 spiro atoms. The topological polar surface area (TPSA) is 35.5 Å². The molecular formula is C16H24O3. The van der Waals surface area contributed by atoms with Crippen molar-refractivity contribution >= 4 is 5.97 Å². The van der Waals surface area contributed by atoms with E-state index in [1.54, 1.807) is 0 Å². The second-order valence-electron chi connectivity index (χ2n) is 7.40.